The van der Waals surface area contributed by atoms with Crippen LogP contribution < -0.4 is 5.56 Å². The molecule has 25 heavy (non-hydrogen) atoms. The minimum atomic E-state index is -4.63. The molecule has 2 rings (SSSR count). The van der Waals surface area contributed by atoms with Crippen LogP contribution in [0, 0.1) is 5.82 Å². The van der Waals surface area contributed by atoms with Gasteiger partial charge in [0, 0.05) is 36.4 Å². The molecule has 1 amide bonds. The van der Waals surface area contributed by atoms with Crippen molar-refractivity contribution < 1.29 is 22.4 Å². The summed E-state index contributed by atoms with van der Waals surface area (Å²) in [7, 11) is 1.34. The molecule has 0 fully saturated rings. The lowest BCUT2D eigenvalue weighted by molar-refractivity contribution is -0.138. The molecule has 0 unspecified atom stereocenters. The number of nitrogens with zero attached hydrogens (tertiary/aromatic N) is 2. The van der Waals surface area contributed by atoms with E-state index in [4.69, 9.17) is 11.6 Å². The summed E-state index contributed by atoms with van der Waals surface area (Å²) >= 11 is 5.88. The molecular weight excluding hydrogens is 364 g/mol. The molecule has 134 valence electrons. The summed E-state index contributed by atoms with van der Waals surface area (Å²) in [6.07, 6.45) is -4.06. The van der Waals surface area contributed by atoms with Gasteiger partial charge in [0.2, 0.25) is 5.91 Å². The van der Waals surface area contributed by atoms with E-state index in [1.165, 1.54) is 25.2 Å². The molecule has 0 aliphatic heterocycles. The van der Waals surface area contributed by atoms with Crippen LogP contribution >= 0.6 is 11.6 Å². The summed E-state index contributed by atoms with van der Waals surface area (Å²) in [5.74, 6) is -1.27. The molecule has 0 bridgehead atoms. The zero-order valence-corrected chi connectivity index (χ0v) is 13.7. The third kappa shape index (κ3) is 4.60. The maximum absolute atomic E-state index is 13.7. The molecule has 9 heteroatoms. The van der Waals surface area contributed by atoms with Gasteiger partial charge in [-0.1, -0.05) is 17.7 Å². The molecule has 1 heterocycles. The van der Waals surface area contributed by atoms with E-state index in [1.54, 1.807) is 0 Å². The van der Waals surface area contributed by atoms with Crippen molar-refractivity contribution in [1.82, 2.24) is 9.47 Å². The Morgan fingerprint density at radius 3 is 2.52 bits per heavy atom. The average molecular weight is 377 g/mol. The highest BCUT2D eigenvalue weighted by Crippen LogP contribution is 2.28. The lowest BCUT2D eigenvalue weighted by Gasteiger charge is -2.19. The number of hydrogen-bond acceptors (Lipinski definition) is 2. The third-order valence-corrected chi connectivity index (χ3v) is 3.85. The van der Waals surface area contributed by atoms with E-state index < -0.39 is 35.6 Å². The normalized spacial score (nSPS) is 11.4. The minimum absolute atomic E-state index is 0.0800. The van der Waals surface area contributed by atoms with E-state index in [0.717, 1.165) is 11.0 Å². The molecule has 2 aromatic rings. The highest BCUT2D eigenvalue weighted by molar-refractivity contribution is 6.31. The van der Waals surface area contributed by atoms with E-state index >= 15 is 0 Å². The lowest BCUT2D eigenvalue weighted by atomic mass is 10.2. The first kappa shape index (κ1) is 19.0. The number of carbonyl (C=O) groups is 1. The Bertz CT molecular complexity index is 829. The number of benzene rings is 1. The van der Waals surface area contributed by atoms with Crippen LogP contribution in [0.1, 0.15) is 11.1 Å². The van der Waals surface area contributed by atoms with Crippen molar-refractivity contribution in [3.63, 3.8) is 0 Å². The van der Waals surface area contributed by atoms with Gasteiger partial charge < -0.3 is 9.47 Å². The summed E-state index contributed by atoms with van der Waals surface area (Å²) in [6, 6.07) is 5.42. The summed E-state index contributed by atoms with van der Waals surface area (Å²) in [4.78, 5) is 24.9. The third-order valence-electron chi connectivity index (χ3n) is 3.50. The first-order valence-electron chi connectivity index (χ1n) is 7.04. The number of hydrogen-bond donors (Lipinski definition) is 0. The van der Waals surface area contributed by atoms with Crippen molar-refractivity contribution in [3.05, 3.63) is 68.8 Å². The van der Waals surface area contributed by atoms with Crippen molar-refractivity contribution >= 4 is 17.5 Å². The Kier molecular flexibility index (Phi) is 5.52. The quantitative estimate of drug-likeness (QED) is 0.768. The zero-order chi connectivity index (χ0) is 18.8. The summed E-state index contributed by atoms with van der Waals surface area (Å²) < 4.78 is 52.5. The van der Waals surface area contributed by atoms with Gasteiger partial charge in [-0.25, -0.2) is 4.39 Å². The van der Waals surface area contributed by atoms with E-state index in [-0.39, 0.29) is 17.1 Å². The molecule has 0 spiro atoms. The van der Waals surface area contributed by atoms with Crippen molar-refractivity contribution in [1.29, 1.82) is 0 Å². The maximum atomic E-state index is 13.7. The van der Waals surface area contributed by atoms with Gasteiger partial charge in [0.1, 0.15) is 12.4 Å². The first-order chi connectivity index (χ1) is 11.6. The van der Waals surface area contributed by atoms with Gasteiger partial charge >= 0.3 is 6.18 Å². The maximum Gasteiger partial charge on any atom is 0.417 e. The Labute approximate surface area is 145 Å². The smallest absolute Gasteiger partial charge is 0.340 e. The molecule has 0 saturated carbocycles. The highest BCUT2D eigenvalue weighted by Gasteiger charge is 2.31. The number of halogens is 5. The molecule has 0 saturated heterocycles. The van der Waals surface area contributed by atoms with E-state index in [1.807, 2.05) is 0 Å². The van der Waals surface area contributed by atoms with Gasteiger partial charge in [0.25, 0.3) is 5.56 Å². The van der Waals surface area contributed by atoms with Crippen molar-refractivity contribution in [3.8, 4) is 0 Å². The topological polar surface area (TPSA) is 42.3 Å². The number of aromatic nitrogens is 1. The van der Waals surface area contributed by atoms with Gasteiger partial charge in [-0.05, 0) is 18.2 Å². The van der Waals surface area contributed by atoms with Crippen molar-refractivity contribution in [2.75, 3.05) is 7.05 Å². The lowest BCUT2D eigenvalue weighted by Crippen LogP contribution is -2.34. The minimum Gasteiger partial charge on any atom is -0.340 e. The van der Waals surface area contributed by atoms with Gasteiger partial charge in [-0.2, -0.15) is 13.2 Å². The van der Waals surface area contributed by atoms with Crippen LogP contribution in [0.3, 0.4) is 0 Å². The van der Waals surface area contributed by atoms with Gasteiger partial charge in [0.05, 0.1) is 5.56 Å². The Hall–Kier alpha value is -2.35. The van der Waals surface area contributed by atoms with Crippen LogP contribution in [0.2, 0.25) is 5.02 Å². The summed E-state index contributed by atoms with van der Waals surface area (Å²) in [5.41, 5.74) is -1.71. The highest BCUT2D eigenvalue weighted by atomic mass is 35.5. The average Bonchev–Trinajstić information content (AvgIpc) is 2.51. The first-order valence-corrected chi connectivity index (χ1v) is 7.42. The molecule has 1 aromatic heterocycles. The molecule has 0 aliphatic rings. The standard InChI is InChI=1S/C16H13ClF4N2O2/c1-22(8-11-12(17)3-2-4-13(11)18)15(25)9-23-7-10(16(19,20)21)5-6-14(23)24/h2-7H,8-9H2,1H3. The van der Waals surface area contributed by atoms with Crippen molar-refractivity contribution in [2.45, 2.75) is 19.3 Å². The van der Waals surface area contributed by atoms with E-state index in [2.05, 4.69) is 0 Å². The predicted octanol–water partition coefficient (Wildman–Crippen LogP) is 3.32. The fourth-order valence-electron chi connectivity index (χ4n) is 2.10. The van der Waals surface area contributed by atoms with Gasteiger partial charge in [-0.15, -0.1) is 0 Å². The fraction of sp³-hybridized carbons (Fsp3) is 0.250. The Morgan fingerprint density at radius 2 is 1.92 bits per heavy atom. The summed E-state index contributed by atoms with van der Waals surface area (Å²) in [6.45, 7) is -0.788. The molecule has 0 aliphatic carbocycles. The fourth-order valence-corrected chi connectivity index (χ4v) is 2.32. The SMILES string of the molecule is CN(Cc1c(F)cccc1Cl)C(=O)Cn1cc(C(F)(F)F)ccc1=O. The number of carbonyl (C=O) groups excluding carboxylic acids is 1. The monoisotopic (exact) mass is 376 g/mol. The second-order valence-corrected chi connectivity index (χ2v) is 5.74. The largest absolute Gasteiger partial charge is 0.417 e. The Balaban J connectivity index is 2.18. The number of alkyl halides is 3. The van der Waals surface area contributed by atoms with E-state index in [0.29, 0.717) is 16.8 Å². The van der Waals surface area contributed by atoms with Crippen molar-refractivity contribution in [2.24, 2.45) is 0 Å². The number of amides is 1. The van der Waals surface area contributed by atoms with Crippen LogP contribution in [-0.4, -0.2) is 22.4 Å². The molecule has 0 radical (unpaired) electrons. The van der Waals surface area contributed by atoms with Crippen LogP contribution in [0.25, 0.3) is 0 Å². The molecule has 1 aromatic carbocycles. The van der Waals surface area contributed by atoms with E-state index in [9.17, 15) is 27.2 Å². The molecule has 4 nitrogen and oxygen atoms in total. The molecular formula is C16H13ClF4N2O2. The predicted molar refractivity (Wildman–Crippen MR) is 83.6 cm³/mol. The molecule has 0 atom stereocenters. The second-order valence-electron chi connectivity index (χ2n) is 5.33. The number of likely N-dealkylation sites (N-methyl/N-ethyl adjacent to an activating group) is 1. The Morgan fingerprint density at radius 1 is 1.24 bits per heavy atom. The van der Waals surface area contributed by atoms with Crippen LogP contribution in [-0.2, 0) is 24.1 Å². The molecule has 0 N–H and O–H groups in total. The number of pyridine rings is 1. The van der Waals surface area contributed by atoms with Gasteiger partial charge in [-0.3, -0.25) is 9.59 Å². The van der Waals surface area contributed by atoms with Crippen LogP contribution in [0.4, 0.5) is 17.6 Å². The summed E-state index contributed by atoms with van der Waals surface area (Å²) in [5, 5.41) is 0.121. The van der Waals surface area contributed by atoms with Gasteiger partial charge in [0.15, 0.2) is 0 Å². The second kappa shape index (κ2) is 7.26. The van der Waals surface area contributed by atoms with Crippen LogP contribution in [0.15, 0.2) is 41.3 Å². The zero-order valence-electron chi connectivity index (χ0n) is 13.0. The number of rotatable bonds is 4. The van der Waals surface area contributed by atoms with Crippen LogP contribution in [0.5, 0.6) is 0 Å².